The van der Waals surface area contributed by atoms with Crippen LogP contribution >= 0.6 is 15.9 Å². The molecule has 0 aliphatic heterocycles. The molecule has 1 atom stereocenters. The molecule has 1 heterocycles. The van der Waals surface area contributed by atoms with Crippen LogP contribution in [0, 0.1) is 0 Å². The minimum atomic E-state index is 0.223. The topological polar surface area (TPSA) is 34.4 Å². The fraction of sp³-hybridized carbons (Fsp3) is 0.667. The maximum absolute atomic E-state index is 5.46. The molecule has 0 bridgehead atoms. The first kappa shape index (κ1) is 13.7. The number of unbranched alkanes of at least 4 members (excludes halogenated alkanes) is 1. The van der Waals surface area contributed by atoms with E-state index < -0.39 is 0 Å². The molecule has 0 amide bonds. The molecule has 0 aromatic carbocycles. The lowest BCUT2D eigenvalue weighted by Crippen LogP contribution is -2.23. The van der Waals surface area contributed by atoms with Crippen LogP contribution in [0.1, 0.15) is 38.5 Å². The van der Waals surface area contributed by atoms with Gasteiger partial charge in [0.15, 0.2) is 4.67 Å². The van der Waals surface area contributed by atoms with E-state index in [9.17, 15) is 0 Å². The van der Waals surface area contributed by atoms with Gasteiger partial charge in [0, 0.05) is 13.2 Å². The predicted molar refractivity (Wildman–Crippen MR) is 68.6 cm³/mol. The fourth-order valence-electron chi connectivity index (χ4n) is 1.36. The van der Waals surface area contributed by atoms with Crippen molar-refractivity contribution in [3.63, 3.8) is 0 Å². The second-order valence-corrected chi connectivity index (χ2v) is 4.57. The number of nitrogens with one attached hydrogen (secondary N) is 1. The van der Waals surface area contributed by atoms with Crippen molar-refractivity contribution in [1.29, 1.82) is 0 Å². The Morgan fingerprint density at radius 1 is 1.44 bits per heavy atom. The lowest BCUT2D eigenvalue weighted by atomic mass is 10.2. The Labute approximate surface area is 106 Å². The zero-order chi connectivity index (χ0) is 11.8. The van der Waals surface area contributed by atoms with Crippen molar-refractivity contribution in [2.45, 2.75) is 32.7 Å². The van der Waals surface area contributed by atoms with Crippen molar-refractivity contribution in [3.8, 4) is 0 Å². The molecule has 92 valence electrons. The van der Waals surface area contributed by atoms with Crippen molar-refractivity contribution in [3.05, 3.63) is 22.6 Å². The molecule has 0 fully saturated rings. The third-order valence-corrected chi connectivity index (χ3v) is 2.79. The van der Waals surface area contributed by atoms with Crippen molar-refractivity contribution < 1.29 is 9.15 Å². The van der Waals surface area contributed by atoms with Crippen molar-refractivity contribution >= 4 is 15.9 Å². The van der Waals surface area contributed by atoms with E-state index in [-0.39, 0.29) is 6.04 Å². The van der Waals surface area contributed by atoms with Crippen LogP contribution in [0.15, 0.2) is 21.2 Å². The normalized spacial score (nSPS) is 12.9. The summed E-state index contributed by atoms with van der Waals surface area (Å²) in [7, 11) is 0. The minimum Gasteiger partial charge on any atom is -0.453 e. The lowest BCUT2D eigenvalue weighted by molar-refractivity contribution is 0.130. The SMILES string of the molecule is CCCCOCCNC(C)c1ccc(Br)o1. The summed E-state index contributed by atoms with van der Waals surface area (Å²) in [6.07, 6.45) is 2.32. The summed E-state index contributed by atoms with van der Waals surface area (Å²) < 4.78 is 11.7. The molecular weight excluding hydrogens is 270 g/mol. The van der Waals surface area contributed by atoms with Crippen LogP contribution in [0.4, 0.5) is 0 Å². The maximum atomic E-state index is 5.46. The molecule has 0 aliphatic rings. The number of halogens is 1. The lowest BCUT2D eigenvalue weighted by Gasteiger charge is -2.11. The molecule has 16 heavy (non-hydrogen) atoms. The number of rotatable bonds is 8. The zero-order valence-corrected chi connectivity index (χ0v) is 11.5. The molecule has 3 nitrogen and oxygen atoms in total. The van der Waals surface area contributed by atoms with E-state index in [1.165, 1.54) is 6.42 Å². The second-order valence-electron chi connectivity index (χ2n) is 3.78. The van der Waals surface area contributed by atoms with Gasteiger partial charge in [0.25, 0.3) is 0 Å². The Morgan fingerprint density at radius 3 is 2.88 bits per heavy atom. The molecule has 1 rings (SSSR count). The third-order valence-electron chi connectivity index (χ3n) is 2.36. The van der Waals surface area contributed by atoms with Crippen molar-refractivity contribution in [2.24, 2.45) is 0 Å². The van der Waals surface area contributed by atoms with E-state index in [0.717, 1.165) is 36.6 Å². The Bertz CT molecular complexity index is 288. The molecule has 1 aromatic heterocycles. The molecule has 0 saturated heterocycles. The second kappa shape index (κ2) is 7.87. The predicted octanol–water partition coefficient (Wildman–Crippen LogP) is 3.51. The van der Waals surface area contributed by atoms with Gasteiger partial charge < -0.3 is 14.5 Å². The van der Waals surface area contributed by atoms with Gasteiger partial charge in [-0.25, -0.2) is 0 Å². The zero-order valence-electron chi connectivity index (χ0n) is 9.96. The van der Waals surface area contributed by atoms with Gasteiger partial charge in [0.05, 0.1) is 12.6 Å². The highest BCUT2D eigenvalue weighted by Crippen LogP contribution is 2.19. The van der Waals surface area contributed by atoms with Gasteiger partial charge in [0.2, 0.25) is 0 Å². The van der Waals surface area contributed by atoms with Gasteiger partial charge >= 0.3 is 0 Å². The molecule has 0 radical (unpaired) electrons. The minimum absolute atomic E-state index is 0.223. The molecule has 1 unspecified atom stereocenters. The molecule has 1 N–H and O–H groups in total. The van der Waals surface area contributed by atoms with Crippen LogP contribution in [0.25, 0.3) is 0 Å². The molecule has 1 aromatic rings. The van der Waals surface area contributed by atoms with Gasteiger partial charge in [-0.3, -0.25) is 0 Å². The fourth-order valence-corrected chi connectivity index (χ4v) is 1.68. The van der Waals surface area contributed by atoms with Gasteiger partial charge in [-0.2, -0.15) is 0 Å². The first-order valence-corrected chi connectivity index (χ1v) is 6.59. The summed E-state index contributed by atoms with van der Waals surface area (Å²) in [5.74, 6) is 0.945. The Kier molecular flexibility index (Phi) is 6.76. The summed E-state index contributed by atoms with van der Waals surface area (Å²) >= 11 is 3.29. The van der Waals surface area contributed by atoms with E-state index in [1.807, 2.05) is 12.1 Å². The third kappa shape index (κ3) is 5.14. The summed E-state index contributed by atoms with van der Waals surface area (Å²) in [6.45, 7) is 6.71. The van der Waals surface area contributed by atoms with Crippen LogP contribution in [0.3, 0.4) is 0 Å². The quantitative estimate of drug-likeness (QED) is 0.744. The van der Waals surface area contributed by atoms with Crippen molar-refractivity contribution in [2.75, 3.05) is 19.8 Å². The number of furan rings is 1. The standard InChI is InChI=1S/C12H20BrNO2/c1-3-4-8-15-9-7-14-10(2)11-5-6-12(13)16-11/h5-6,10,14H,3-4,7-9H2,1-2H3. The van der Waals surface area contributed by atoms with Gasteiger partial charge in [0.1, 0.15) is 5.76 Å². The highest BCUT2D eigenvalue weighted by molar-refractivity contribution is 9.10. The molecule has 0 saturated carbocycles. The van der Waals surface area contributed by atoms with Gasteiger partial charge in [-0.05, 0) is 41.4 Å². The number of hydrogen-bond acceptors (Lipinski definition) is 3. The van der Waals surface area contributed by atoms with Crippen LogP contribution < -0.4 is 5.32 Å². The Hall–Kier alpha value is -0.320. The van der Waals surface area contributed by atoms with Crippen molar-refractivity contribution in [1.82, 2.24) is 5.32 Å². The number of ether oxygens (including phenoxy) is 1. The van der Waals surface area contributed by atoms with Crippen LogP contribution in [-0.4, -0.2) is 19.8 Å². The van der Waals surface area contributed by atoms with E-state index in [4.69, 9.17) is 9.15 Å². The Balaban J connectivity index is 2.09. The average molecular weight is 290 g/mol. The van der Waals surface area contributed by atoms with E-state index in [2.05, 4.69) is 35.1 Å². The highest BCUT2D eigenvalue weighted by atomic mass is 79.9. The van der Waals surface area contributed by atoms with E-state index in [0.29, 0.717) is 0 Å². The molecule has 0 aliphatic carbocycles. The monoisotopic (exact) mass is 289 g/mol. The van der Waals surface area contributed by atoms with E-state index in [1.54, 1.807) is 0 Å². The highest BCUT2D eigenvalue weighted by Gasteiger charge is 2.08. The first-order valence-electron chi connectivity index (χ1n) is 5.80. The van der Waals surface area contributed by atoms with E-state index >= 15 is 0 Å². The number of hydrogen-bond donors (Lipinski definition) is 1. The molecule has 4 heteroatoms. The summed E-state index contributed by atoms with van der Waals surface area (Å²) in [5.41, 5.74) is 0. The Morgan fingerprint density at radius 2 is 2.25 bits per heavy atom. The largest absolute Gasteiger partial charge is 0.453 e. The van der Waals surface area contributed by atoms with Crippen LogP contribution in [0.2, 0.25) is 0 Å². The van der Waals surface area contributed by atoms with Crippen LogP contribution in [-0.2, 0) is 4.74 Å². The summed E-state index contributed by atoms with van der Waals surface area (Å²) in [5, 5.41) is 3.35. The summed E-state index contributed by atoms with van der Waals surface area (Å²) in [4.78, 5) is 0. The first-order chi connectivity index (χ1) is 7.74. The maximum Gasteiger partial charge on any atom is 0.169 e. The van der Waals surface area contributed by atoms with Gasteiger partial charge in [-0.1, -0.05) is 13.3 Å². The average Bonchev–Trinajstić information content (AvgIpc) is 2.70. The molecular formula is C12H20BrNO2. The molecule has 0 spiro atoms. The summed E-state index contributed by atoms with van der Waals surface area (Å²) in [6, 6.07) is 4.10. The van der Waals surface area contributed by atoms with Gasteiger partial charge in [-0.15, -0.1) is 0 Å². The van der Waals surface area contributed by atoms with Crippen LogP contribution in [0.5, 0.6) is 0 Å². The smallest absolute Gasteiger partial charge is 0.169 e.